The Morgan fingerprint density at radius 1 is 0.800 bits per heavy atom. The maximum Gasteiger partial charge on any atom is 0.0729 e. The third-order valence-electron chi connectivity index (χ3n) is 3.63. The molecule has 1 aliphatic heterocycles. The van der Waals surface area contributed by atoms with E-state index in [1.165, 1.54) is 27.1 Å². The van der Waals surface area contributed by atoms with Crippen molar-refractivity contribution in [3.05, 3.63) is 82.7 Å². The van der Waals surface area contributed by atoms with Gasteiger partial charge in [0.2, 0.25) is 0 Å². The van der Waals surface area contributed by atoms with Crippen LogP contribution in [0.2, 0.25) is 0 Å². The van der Waals surface area contributed by atoms with Gasteiger partial charge < -0.3 is 0 Å². The number of rotatable bonds is 1. The van der Waals surface area contributed by atoms with Gasteiger partial charge in [-0.1, -0.05) is 54.6 Å². The number of aliphatic imine (C=N–C) groups is 1. The van der Waals surface area contributed by atoms with Crippen molar-refractivity contribution in [2.45, 2.75) is 6.54 Å². The second kappa shape index (κ2) is 4.73. The van der Waals surface area contributed by atoms with E-state index in [0.717, 1.165) is 12.3 Å². The first-order valence-electron chi connectivity index (χ1n) is 6.69. The van der Waals surface area contributed by atoms with Crippen LogP contribution in [0.15, 0.2) is 71.0 Å². The van der Waals surface area contributed by atoms with Gasteiger partial charge in [-0.25, -0.2) is 0 Å². The predicted molar refractivity (Wildman–Crippen MR) is 85.5 cm³/mol. The van der Waals surface area contributed by atoms with Gasteiger partial charge in [-0.15, -0.1) is 11.3 Å². The Bertz CT molecular complexity index is 784. The van der Waals surface area contributed by atoms with Crippen molar-refractivity contribution in [3.8, 4) is 10.4 Å². The summed E-state index contributed by atoms with van der Waals surface area (Å²) in [6.07, 6.45) is 0. The largest absolute Gasteiger partial charge is 0.279 e. The molecule has 0 atom stereocenters. The van der Waals surface area contributed by atoms with Crippen LogP contribution in [0.1, 0.15) is 16.7 Å². The smallest absolute Gasteiger partial charge is 0.0729 e. The summed E-state index contributed by atoms with van der Waals surface area (Å²) in [5.74, 6) is 0. The number of benzene rings is 2. The van der Waals surface area contributed by atoms with Crippen LogP contribution in [-0.4, -0.2) is 5.71 Å². The summed E-state index contributed by atoms with van der Waals surface area (Å²) in [5.41, 5.74) is 6.16. The van der Waals surface area contributed by atoms with E-state index in [1.807, 2.05) is 6.07 Å². The Kier molecular flexibility index (Phi) is 2.75. The third kappa shape index (κ3) is 1.81. The summed E-state index contributed by atoms with van der Waals surface area (Å²) in [7, 11) is 0. The average Bonchev–Trinajstić information content (AvgIpc) is 2.92. The molecule has 0 amide bonds. The van der Waals surface area contributed by atoms with Crippen LogP contribution in [0.25, 0.3) is 10.4 Å². The second-order valence-corrected chi connectivity index (χ2v) is 5.77. The highest BCUT2D eigenvalue weighted by Crippen LogP contribution is 2.36. The van der Waals surface area contributed by atoms with Crippen LogP contribution in [0.5, 0.6) is 0 Å². The van der Waals surface area contributed by atoms with Gasteiger partial charge in [-0.05, 0) is 17.0 Å². The van der Waals surface area contributed by atoms with Crippen LogP contribution in [0.4, 0.5) is 0 Å². The molecule has 3 aromatic rings. The molecule has 0 bridgehead atoms. The van der Waals surface area contributed by atoms with Gasteiger partial charge in [-0.3, -0.25) is 4.99 Å². The Labute approximate surface area is 122 Å². The fraction of sp³-hybridized carbons (Fsp3) is 0.0556. The fourth-order valence-corrected chi connectivity index (χ4v) is 3.63. The number of fused-ring (bicyclic) bond motifs is 3. The molecule has 0 saturated heterocycles. The minimum Gasteiger partial charge on any atom is -0.279 e. The lowest BCUT2D eigenvalue weighted by Gasteiger charge is -2.09. The van der Waals surface area contributed by atoms with E-state index >= 15 is 0 Å². The van der Waals surface area contributed by atoms with Crippen molar-refractivity contribution in [2.75, 3.05) is 0 Å². The zero-order valence-corrected chi connectivity index (χ0v) is 11.7. The highest BCUT2D eigenvalue weighted by Gasteiger charge is 2.18. The molecule has 2 heterocycles. The van der Waals surface area contributed by atoms with Gasteiger partial charge in [0.05, 0.1) is 12.3 Å². The number of thiophene rings is 1. The lowest BCUT2D eigenvalue weighted by atomic mass is 9.97. The molecular weight excluding hydrogens is 262 g/mol. The molecule has 1 nitrogen and oxygen atoms in total. The third-order valence-corrected chi connectivity index (χ3v) is 4.62. The molecule has 0 saturated carbocycles. The van der Waals surface area contributed by atoms with Crippen LogP contribution in [0.3, 0.4) is 0 Å². The van der Waals surface area contributed by atoms with E-state index in [9.17, 15) is 0 Å². The number of hydrogen-bond acceptors (Lipinski definition) is 2. The average molecular weight is 275 g/mol. The molecule has 4 rings (SSSR count). The highest BCUT2D eigenvalue weighted by molar-refractivity contribution is 7.13. The van der Waals surface area contributed by atoms with Crippen molar-refractivity contribution >= 4 is 17.0 Å². The predicted octanol–water partition coefficient (Wildman–Crippen LogP) is 4.77. The fourth-order valence-electron chi connectivity index (χ4n) is 2.68. The molecule has 96 valence electrons. The maximum atomic E-state index is 4.87. The van der Waals surface area contributed by atoms with Crippen molar-refractivity contribution in [3.63, 3.8) is 0 Å². The summed E-state index contributed by atoms with van der Waals surface area (Å²) in [4.78, 5) is 6.23. The summed E-state index contributed by atoms with van der Waals surface area (Å²) in [5, 5.41) is 2.16. The van der Waals surface area contributed by atoms with Crippen LogP contribution in [0, 0.1) is 0 Å². The van der Waals surface area contributed by atoms with E-state index in [0.29, 0.717) is 0 Å². The molecule has 1 aromatic heterocycles. The first-order valence-corrected chi connectivity index (χ1v) is 7.57. The molecule has 2 aromatic carbocycles. The number of hydrogen-bond donors (Lipinski definition) is 0. The summed E-state index contributed by atoms with van der Waals surface area (Å²) in [6.45, 7) is 0.762. The second-order valence-electron chi connectivity index (χ2n) is 4.85. The van der Waals surface area contributed by atoms with E-state index in [2.05, 4.69) is 60.0 Å². The summed E-state index contributed by atoms with van der Waals surface area (Å²) >= 11 is 1.81. The monoisotopic (exact) mass is 275 g/mol. The minimum absolute atomic E-state index is 0.762. The van der Waals surface area contributed by atoms with Gasteiger partial charge in [0, 0.05) is 21.6 Å². The van der Waals surface area contributed by atoms with Gasteiger partial charge >= 0.3 is 0 Å². The van der Waals surface area contributed by atoms with Gasteiger partial charge in [0.15, 0.2) is 0 Å². The van der Waals surface area contributed by atoms with Crippen molar-refractivity contribution < 1.29 is 0 Å². The molecule has 0 N–H and O–H groups in total. The van der Waals surface area contributed by atoms with E-state index < -0.39 is 0 Å². The Morgan fingerprint density at radius 2 is 1.55 bits per heavy atom. The molecule has 1 aliphatic rings. The lowest BCUT2D eigenvalue weighted by molar-refractivity contribution is 1.09. The Balaban J connectivity index is 1.98. The molecule has 0 fully saturated rings. The Morgan fingerprint density at radius 3 is 2.40 bits per heavy atom. The van der Waals surface area contributed by atoms with Crippen LogP contribution in [-0.2, 0) is 6.54 Å². The molecule has 2 heteroatoms. The minimum atomic E-state index is 0.762. The topological polar surface area (TPSA) is 12.4 Å². The molecule has 20 heavy (non-hydrogen) atoms. The van der Waals surface area contributed by atoms with Gasteiger partial charge in [-0.2, -0.15) is 0 Å². The summed E-state index contributed by atoms with van der Waals surface area (Å²) in [6, 6.07) is 21.2. The normalized spacial score (nSPS) is 13.1. The highest BCUT2D eigenvalue weighted by atomic mass is 32.1. The van der Waals surface area contributed by atoms with Crippen LogP contribution < -0.4 is 0 Å². The zero-order valence-electron chi connectivity index (χ0n) is 10.9. The first-order chi connectivity index (χ1) is 9.93. The van der Waals surface area contributed by atoms with E-state index in [4.69, 9.17) is 4.99 Å². The lowest BCUT2D eigenvalue weighted by Crippen LogP contribution is -2.03. The Hall–Kier alpha value is -2.19. The van der Waals surface area contributed by atoms with E-state index in [-0.39, 0.29) is 0 Å². The SMILES string of the molecule is c1ccc(C2=NCc3ccsc3-c3ccccc32)cc1. The van der Waals surface area contributed by atoms with E-state index in [1.54, 1.807) is 11.3 Å². The quantitative estimate of drug-likeness (QED) is 0.607. The standard InChI is InChI=1S/C18H13NS/c1-2-6-13(7-3-1)17-15-8-4-5-9-16(15)18-14(12-19-17)10-11-20-18/h1-11H,12H2. The van der Waals surface area contributed by atoms with Crippen molar-refractivity contribution in [2.24, 2.45) is 4.99 Å². The maximum absolute atomic E-state index is 4.87. The number of nitrogens with zero attached hydrogens (tertiary/aromatic N) is 1. The van der Waals surface area contributed by atoms with Crippen molar-refractivity contribution in [1.29, 1.82) is 0 Å². The van der Waals surface area contributed by atoms with Crippen molar-refractivity contribution in [1.82, 2.24) is 0 Å². The molecule has 0 radical (unpaired) electrons. The molecular formula is C18H13NS. The summed E-state index contributed by atoms with van der Waals surface area (Å²) < 4.78 is 0. The first kappa shape index (κ1) is 11.6. The van der Waals surface area contributed by atoms with Gasteiger partial charge in [0.25, 0.3) is 0 Å². The van der Waals surface area contributed by atoms with Gasteiger partial charge in [0.1, 0.15) is 0 Å². The zero-order chi connectivity index (χ0) is 13.4. The van der Waals surface area contributed by atoms with Crippen LogP contribution >= 0.6 is 11.3 Å². The molecule has 0 unspecified atom stereocenters. The molecule has 0 aliphatic carbocycles. The molecule has 0 spiro atoms.